The van der Waals surface area contributed by atoms with Crippen molar-refractivity contribution in [2.24, 2.45) is 0 Å². The molecule has 1 aromatic heterocycles. The summed E-state index contributed by atoms with van der Waals surface area (Å²) < 4.78 is 10.6. The van der Waals surface area contributed by atoms with Crippen LogP contribution < -0.4 is 20.1 Å². The molecule has 6 heteroatoms. The number of benzene rings is 2. The van der Waals surface area contributed by atoms with Gasteiger partial charge >= 0.3 is 0 Å². The third kappa shape index (κ3) is 4.34. The molecule has 2 N–H and O–H groups in total. The second-order valence-corrected chi connectivity index (χ2v) is 6.78. The van der Waals surface area contributed by atoms with Gasteiger partial charge in [-0.1, -0.05) is 32.0 Å². The molecular weight excluding hydrogens is 352 g/mol. The molecule has 0 atom stereocenters. The zero-order valence-electron chi connectivity index (χ0n) is 16.9. The molecule has 0 saturated carbocycles. The Morgan fingerprint density at radius 2 is 1.71 bits per heavy atom. The van der Waals surface area contributed by atoms with E-state index < -0.39 is 0 Å². The van der Waals surface area contributed by atoms with Gasteiger partial charge in [-0.25, -0.2) is 4.98 Å². The van der Waals surface area contributed by atoms with Crippen molar-refractivity contribution in [2.75, 3.05) is 24.9 Å². The number of aromatic nitrogens is 2. The van der Waals surface area contributed by atoms with Gasteiger partial charge in [-0.05, 0) is 42.2 Å². The van der Waals surface area contributed by atoms with E-state index in [0.717, 1.165) is 16.9 Å². The second-order valence-electron chi connectivity index (χ2n) is 6.78. The third-order valence-electron chi connectivity index (χ3n) is 4.48. The second kappa shape index (κ2) is 8.61. The lowest BCUT2D eigenvalue weighted by Crippen LogP contribution is -2.04. The summed E-state index contributed by atoms with van der Waals surface area (Å²) >= 11 is 0. The minimum atomic E-state index is 0.399. The first-order chi connectivity index (χ1) is 13.5. The summed E-state index contributed by atoms with van der Waals surface area (Å²) in [5, 5.41) is 6.66. The van der Waals surface area contributed by atoms with E-state index in [1.807, 2.05) is 24.3 Å². The number of aryl methyl sites for hydroxylation is 1. The summed E-state index contributed by atoms with van der Waals surface area (Å²) in [5.41, 5.74) is 4.30. The first kappa shape index (κ1) is 19.5. The van der Waals surface area contributed by atoms with Crippen LogP contribution in [0.25, 0.3) is 0 Å². The zero-order valence-corrected chi connectivity index (χ0v) is 16.9. The third-order valence-corrected chi connectivity index (χ3v) is 4.48. The minimum absolute atomic E-state index is 0.399. The van der Waals surface area contributed by atoms with Crippen LogP contribution in [0, 0.1) is 6.92 Å². The molecule has 2 aromatic carbocycles. The molecule has 6 nitrogen and oxygen atoms in total. The molecule has 0 unspecified atom stereocenters. The average molecular weight is 378 g/mol. The molecule has 1 heterocycles. The molecule has 146 valence electrons. The van der Waals surface area contributed by atoms with Crippen LogP contribution in [-0.4, -0.2) is 24.2 Å². The van der Waals surface area contributed by atoms with Crippen molar-refractivity contribution >= 4 is 23.1 Å². The monoisotopic (exact) mass is 378 g/mol. The van der Waals surface area contributed by atoms with Crippen molar-refractivity contribution in [3.63, 3.8) is 0 Å². The molecular formula is C22H26N4O2. The van der Waals surface area contributed by atoms with E-state index in [4.69, 9.17) is 9.47 Å². The lowest BCUT2D eigenvalue weighted by Gasteiger charge is -2.17. The Balaban J connectivity index is 1.84. The maximum Gasteiger partial charge on any atom is 0.229 e. The summed E-state index contributed by atoms with van der Waals surface area (Å²) in [6.45, 7) is 6.44. The van der Waals surface area contributed by atoms with Crippen molar-refractivity contribution in [1.29, 1.82) is 0 Å². The topological polar surface area (TPSA) is 68.3 Å². The highest BCUT2D eigenvalue weighted by Crippen LogP contribution is 2.32. The number of methoxy groups -OCH3 is 2. The summed E-state index contributed by atoms with van der Waals surface area (Å²) in [6, 6.07) is 13.7. The van der Waals surface area contributed by atoms with Crippen molar-refractivity contribution in [3.05, 3.63) is 59.8 Å². The van der Waals surface area contributed by atoms with Crippen molar-refractivity contribution in [2.45, 2.75) is 26.7 Å². The first-order valence-electron chi connectivity index (χ1n) is 9.20. The van der Waals surface area contributed by atoms with Crippen LogP contribution in [0.15, 0.2) is 48.7 Å². The van der Waals surface area contributed by atoms with Crippen molar-refractivity contribution in [1.82, 2.24) is 9.97 Å². The number of hydrogen-bond donors (Lipinski definition) is 2. The van der Waals surface area contributed by atoms with Gasteiger partial charge in [0.1, 0.15) is 5.82 Å². The van der Waals surface area contributed by atoms with E-state index >= 15 is 0 Å². The largest absolute Gasteiger partial charge is 0.493 e. The maximum atomic E-state index is 5.36. The van der Waals surface area contributed by atoms with Gasteiger partial charge in [0.05, 0.1) is 14.2 Å². The molecule has 28 heavy (non-hydrogen) atoms. The predicted octanol–water partition coefficient (Wildman–Crippen LogP) is 5.41. The molecule has 0 aliphatic heterocycles. The summed E-state index contributed by atoms with van der Waals surface area (Å²) in [7, 11) is 3.23. The molecule has 0 bridgehead atoms. The molecule has 3 rings (SSSR count). The van der Waals surface area contributed by atoms with Crippen LogP contribution in [0.4, 0.5) is 23.1 Å². The van der Waals surface area contributed by atoms with Crippen LogP contribution in [0.3, 0.4) is 0 Å². The number of hydrogen-bond acceptors (Lipinski definition) is 6. The fourth-order valence-electron chi connectivity index (χ4n) is 3.00. The number of ether oxygens (including phenoxy) is 2. The first-order valence-corrected chi connectivity index (χ1v) is 9.20. The predicted molar refractivity (Wildman–Crippen MR) is 113 cm³/mol. The van der Waals surface area contributed by atoms with Gasteiger partial charge in [-0.15, -0.1) is 0 Å². The van der Waals surface area contributed by atoms with Crippen LogP contribution in [0.2, 0.25) is 0 Å². The van der Waals surface area contributed by atoms with E-state index in [-0.39, 0.29) is 0 Å². The molecule has 0 aliphatic carbocycles. The van der Waals surface area contributed by atoms with Gasteiger partial charge in [0.2, 0.25) is 5.95 Å². The van der Waals surface area contributed by atoms with Gasteiger partial charge in [0.25, 0.3) is 0 Å². The fraction of sp³-hybridized carbons (Fsp3) is 0.273. The lowest BCUT2D eigenvalue weighted by molar-refractivity contribution is 0.355. The van der Waals surface area contributed by atoms with Crippen LogP contribution >= 0.6 is 0 Å². The fourth-order valence-corrected chi connectivity index (χ4v) is 3.00. The highest BCUT2D eigenvalue weighted by Gasteiger charge is 2.11. The molecule has 0 radical (unpaired) electrons. The minimum Gasteiger partial charge on any atom is -0.493 e. The van der Waals surface area contributed by atoms with Crippen LogP contribution in [0.5, 0.6) is 11.5 Å². The number of para-hydroxylation sites is 1. The Bertz CT molecular complexity index is 957. The zero-order chi connectivity index (χ0) is 20.1. The van der Waals surface area contributed by atoms with Crippen LogP contribution in [-0.2, 0) is 0 Å². The summed E-state index contributed by atoms with van der Waals surface area (Å²) in [5.74, 6) is 2.96. The molecule has 3 aromatic rings. The average Bonchev–Trinajstić information content (AvgIpc) is 2.69. The Morgan fingerprint density at radius 3 is 2.43 bits per heavy atom. The highest BCUT2D eigenvalue weighted by atomic mass is 16.5. The van der Waals surface area contributed by atoms with E-state index in [9.17, 15) is 0 Å². The number of nitrogens with one attached hydrogen (secondary N) is 2. The highest BCUT2D eigenvalue weighted by molar-refractivity contribution is 5.66. The van der Waals surface area contributed by atoms with E-state index in [2.05, 4.69) is 59.6 Å². The Hall–Kier alpha value is -3.28. The number of anilines is 4. The molecule has 0 aliphatic rings. The van der Waals surface area contributed by atoms with Gasteiger partial charge in [-0.2, -0.15) is 4.98 Å². The van der Waals surface area contributed by atoms with Crippen molar-refractivity contribution < 1.29 is 9.47 Å². The van der Waals surface area contributed by atoms with E-state index in [1.165, 1.54) is 5.56 Å². The van der Waals surface area contributed by atoms with E-state index in [1.54, 1.807) is 20.4 Å². The maximum absolute atomic E-state index is 5.36. The Labute approximate surface area is 166 Å². The quantitative estimate of drug-likeness (QED) is 0.573. The SMILES string of the molecule is COc1ccc(Nc2ccnc(Nc3c(C)cccc3C(C)C)n2)cc1OC. The summed E-state index contributed by atoms with van der Waals surface area (Å²) in [4.78, 5) is 8.97. The Kier molecular flexibility index (Phi) is 5.99. The van der Waals surface area contributed by atoms with Crippen molar-refractivity contribution in [3.8, 4) is 11.5 Å². The standard InChI is InChI=1S/C22H26N4O2/c1-14(2)17-8-6-7-15(3)21(17)26-22-23-12-11-20(25-22)24-16-9-10-18(27-4)19(13-16)28-5/h6-14H,1-5H3,(H2,23,24,25,26). The number of nitrogens with zero attached hydrogens (tertiary/aromatic N) is 2. The van der Waals surface area contributed by atoms with Gasteiger partial charge in [0.15, 0.2) is 11.5 Å². The lowest BCUT2D eigenvalue weighted by atomic mass is 9.98. The van der Waals surface area contributed by atoms with Crippen LogP contribution in [0.1, 0.15) is 30.9 Å². The van der Waals surface area contributed by atoms with Gasteiger partial charge in [-0.3, -0.25) is 0 Å². The molecule has 0 fully saturated rings. The Morgan fingerprint density at radius 1 is 0.929 bits per heavy atom. The molecule has 0 saturated heterocycles. The van der Waals surface area contributed by atoms with Gasteiger partial charge in [0, 0.05) is 23.6 Å². The summed E-state index contributed by atoms with van der Waals surface area (Å²) in [6.07, 6.45) is 1.73. The van der Waals surface area contributed by atoms with Gasteiger partial charge < -0.3 is 20.1 Å². The van der Waals surface area contributed by atoms with E-state index in [0.29, 0.717) is 29.2 Å². The molecule has 0 spiro atoms. The normalized spacial score (nSPS) is 10.6. The smallest absolute Gasteiger partial charge is 0.229 e. The molecule has 0 amide bonds. The number of rotatable bonds is 7.